The number of Topliss-reactive ketones (excluding diaryl/α,β-unsaturated/α-hetero) is 1. The molecule has 0 N–H and O–H groups in total. The van der Waals surface area contributed by atoms with Crippen LogP contribution < -0.4 is 0 Å². The van der Waals surface area contributed by atoms with Gasteiger partial charge in [0.05, 0.1) is 6.04 Å². The van der Waals surface area contributed by atoms with E-state index in [2.05, 4.69) is 38.1 Å². The zero-order valence-electron chi connectivity index (χ0n) is 14.0. The second kappa shape index (κ2) is 6.34. The highest BCUT2D eigenvalue weighted by Crippen LogP contribution is 2.39. The Morgan fingerprint density at radius 3 is 2.35 bits per heavy atom. The predicted octanol–water partition coefficient (Wildman–Crippen LogP) is 4.17. The van der Waals surface area contributed by atoms with Crippen molar-refractivity contribution >= 4 is 11.9 Å². The molecule has 0 aromatic heterocycles. The van der Waals surface area contributed by atoms with Gasteiger partial charge in [-0.1, -0.05) is 36.8 Å². The van der Waals surface area contributed by atoms with Gasteiger partial charge in [-0.05, 0) is 31.7 Å². The quantitative estimate of drug-likeness (QED) is 0.841. The fourth-order valence-corrected chi connectivity index (χ4v) is 3.75. The van der Waals surface area contributed by atoms with Crippen molar-refractivity contribution in [3.05, 3.63) is 35.4 Å². The van der Waals surface area contributed by atoms with Crippen LogP contribution in [0.2, 0.25) is 0 Å². The van der Waals surface area contributed by atoms with Crippen molar-refractivity contribution in [2.45, 2.75) is 64.0 Å². The van der Waals surface area contributed by atoms with Crippen LogP contribution in [0.1, 0.15) is 62.6 Å². The van der Waals surface area contributed by atoms with Crippen molar-refractivity contribution in [2.75, 3.05) is 6.54 Å². The summed E-state index contributed by atoms with van der Waals surface area (Å²) in [7, 11) is 0. The van der Waals surface area contributed by atoms with Gasteiger partial charge in [-0.15, -0.1) is 0 Å². The number of ketones is 1. The highest BCUT2D eigenvalue weighted by molar-refractivity contribution is 5.80. The third-order valence-electron chi connectivity index (χ3n) is 5.29. The Kier molecular flexibility index (Phi) is 4.42. The molecule has 1 aliphatic heterocycles. The fourth-order valence-electron chi connectivity index (χ4n) is 3.75. The summed E-state index contributed by atoms with van der Waals surface area (Å²) in [4.78, 5) is 25.9. The third kappa shape index (κ3) is 3.26. The first-order valence-electron chi connectivity index (χ1n) is 8.61. The van der Waals surface area contributed by atoms with Crippen LogP contribution in [0.4, 0.5) is 4.79 Å². The van der Waals surface area contributed by atoms with E-state index in [1.165, 1.54) is 5.56 Å². The molecule has 1 saturated carbocycles. The average molecular weight is 315 g/mol. The van der Waals surface area contributed by atoms with E-state index in [0.717, 1.165) is 18.4 Å². The van der Waals surface area contributed by atoms with Gasteiger partial charge >= 0.3 is 6.09 Å². The van der Waals surface area contributed by atoms with Gasteiger partial charge < -0.3 is 9.64 Å². The molecule has 4 heteroatoms. The highest BCUT2D eigenvalue weighted by atomic mass is 16.6. The van der Waals surface area contributed by atoms with Crippen molar-refractivity contribution in [2.24, 2.45) is 0 Å². The molecule has 23 heavy (non-hydrogen) atoms. The normalized spacial score (nSPS) is 22.1. The summed E-state index contributed by atoms with van der Waals surface area (Å²) < 4.78 is 5.84. The summed E-state index contributed by atoms with van der Waals surface area (Å²) in [5.74, 6) is 0.292. The predicted molar refractivity (Wildman–Crippen MR) is 88.2 cm³/mol. The van der Waals surface area contributed by atoms with E-state index in [1.54, 1.807) is 0 Å². The summed E-state index contributed by atoms with van der Waals surface area (Å²) in [5.41, 5.74) is 1.98. The molecule has 3 rings (SSSR count). The van der Waals surface area contributed by atoms with Crippen LogP contribution in [0.15, 0.2) is 24.3 Å². The van der Waals surface area contributed by atoms with E-state index in [-0.39, 0.29) is 12.1 Å². The second-order valence-electron chi connectivity index (χ2n) is 6.87. The van der Waals surface area contributed by atoms with E-state index >= 15 is 0 Å². The number of amides is 1. The van der Waals surface area contributed by atoms with Gasteiger partial charge in [0.1, 0.15) is 11.4 Å². The van der Waals surface area contributed by atoms with E-state index in [9.17, 15) is 9.59 Å². The molecule has 0 unspecified atom stereocenters. The SMILES string of the molecule is CC[C@@H](c1ccc(C)cc1)N1CCC2(CCC(=O)CC2)OC1=O. The van der Waals surface area contributed by atoms with Crippen LogP contribution >= 0.6 is 0 Å². The molecule has 1 spiro atoms. The molecular weight excluding hydrogens is 290 g/mol. The maximum atomic E-state index is 12.6. The van der Waals surface area contributed by atoms with Crippen LogP contribution in [-0.4, -0.2) is 28.9 Å². The van der Waals surface area contributed by atoms with Crippen molar-refractivity contribution in [1.29, 1.82) is 0 Å². The number of hydrogen-bond acceptors (Lipinski definition) is 3. The van der Waals surface area contributed by atoms with Gasteiger partial charge in [0.2, 0.25) is 0 Å². The van der Waals surface area contributed by atoms with E-state index in [1.807, 2.05) is 4.90 Å². The second-order valence-corrected chi connectivity index (χ2v) is 6.87. The smallest absolute Gasteiger partial charge is 0.410 e. The molecule has 1 aromatic carbocycles. The number of nitrogens with zero attached hydrogens (tertiary/aromatic N) is 1. The minimum atomic E-state index is -0.396. The topological polar surface area (TPSA) is 46.6 Å². The molecule has 2 aliphatic rings. The highest BCUT2D eigenvalue weighted by Gasteiger charge is 2.44. The minimum Gasteiger partial charge on any atom is -0.443 e. The van der Waals surface area contributed by atoms with Gasteiger partial charge in [-0.25, -0.2) is 4.79 Å². The first-order valence-corrected chi connectivity index (χ1v) is 8.61. The minimum absolute atomic E-state index is 0.0608. The zero-order valence-corrected chi connectivity index (χ0v) is 14.0. The molecular formula is C19H25NO3. The van der Waals surface area contributed by atoms with Gasteiger partial charge in [0.15, 0.2) is 0 Å². The van der Waals surface area contributed by atoms with Gasteiger partial charge in [0.25, 0.3) is 0 Å². The lowest BCUT2D eigenvalue weighted by Crippen LogP contribution is -2.52. The Bertz CT molecular complexity index is 583. The van der Waals surface area contributed by atoms with Crippen LogP contribution in [0.5, 0.6) is 0 Å². The molecule has 124 valence electrons. The number of benzene rings is 1. The van der Waals surface area contributed by atoms with Crippen LogP contribution in [-0.2, 0) is 9.53 Å². The number of ether oxygens (including phenoxy) is 1. The maximum absolute atomic E-state index is 12.6. The van der Waals surface area contributed by atoms with E-state index < -0.39 is 5.60 Å². The molecule has 1 saturated heterocycles. The first kappa shape index (κ1) is 16.0. The van der Waals surface area contributed by atoms with Gasteiger partial charge in [-0.3, -0.25) is 4.79 Å². The van der Waals surface area contributed by atoms with Gasteiger partial charge in [-0.2, -0.15) is 0 Å². The summed E-state index contributed by atoms with van der Waals surface area (Å²) in [6.45, 7) is 4.87. The summed E-state index contributed by atoms with van der Waals surface area (Å²) in [6, 6.07) is 8.43. The van der Waals surface area contributed by atoms with Crippen LogP contribution in [0.25, 0.3) is 0 Å². The number of rotatable bonds is 3. The molecule has 0 radical (unpaired) electrons. The Labute approximate surface area is 137 Å². The summed E-state index contributed by atoms with van der Waals surface area (Å²) >= 11 is 0. The molecule has 1 amide bonds. The lowest BCUT2D eigenvalue weighted by molar-refractivity contribution is -0.129. The van der Waals surface area contributed by atoms with Crippen molar-refractivity contribution < 1.29 is 14.3 Å². The van der Waals surface area contributed by atoms with Crippen LogP contribution in [0.3, 0.4) is 0 Å². The monoisotopic (exact) mass is 315 g/mol. The molecule has 2 fully saturated rings. The van der Waals surface area contributed by atoms with Gasteiger partial charge in [0, 0.05) is 25.8 Å². The average Bonchev–Trinajstić information content (AvgIpc) is 2.55. The Hall–Kier alpha value is -1.84. The molecule has 1 aromatic rings. The Morgan fingerprint density at radius 1 is 1.13 bits per heavy atom. The molecule has 1 atom stereocenters. The third-order valence-corrected chi connectivity index (χ3v) is 5.29. The Balaban J connectivity index is 1.73. The largest absolute Gasteiger partial charge is 0.443 e. The molecule has 1 heterocycles. The number of hydrogen-bond donors (Lipinski definition) is 0. The fraction of sp³-hybridized carbons (Fsp3) is 0.579. The van der Waals surface area contributed by atoms with Crippen LogP contribution in [0, 0.1) is 6.92 Å². The Morgan fingerprint density at radius 2 is 1.78 bits per heavy atom. The van der Waals surface area contributed by atoms with E-state index in [0.29, 0.717) is 38.0 Å². The standard InChI is InChI=1S/C19H25NO3/c1-3-17(15-6-4-14(2)5-7-15)20-13-12-19(23-18(20)22)10-8-16(21)9-11-19/h4-7,17H,3,8-13H2,1-2H3/t17-/m0/s1. The maximum Gasteiger partial charge on any atom is 0.410 e. The molecule has 4 nitrogen and oxygen atoms in total. The molecule has 0 bridgehead atoms. The van der Waals surface area contributed by atoms with E-state index in [4.69, 9.17) is 4.74 Å². The lowest BCUT2D eigenvalue weighted by Gasteiger charge is -2.45. The number of aryl methyl sites for hydroxylation is 1. The summed E-state index contributed by atoms with van der Waals surface area (Å²) in [6.07, 6.45) is 3.93. The summed E-state index contributed by atoms with van der Waals surface area (Å²) in [5, 5.41) is 0. The zero-order chi connectivity index (χ0) is 16.4. The lowest BCUT2D eigenvalue weighted by atomic mass is 9.80. The number of carbonyl (C=O) groups is 2. The molecule has 1 aliphatic carbocycles. The van der Waals surface area contributed by atoms with Crippen molar-refractivity contribution in [3.8, 4) is 0 Å². The first-order chi connectivity index (χ1) is 11.0. The van der Waals surface area contributed by atoms with Crippen molar-refractivity contribution in [1.82, 2.24) is 4.90 Å². The number of carbonyl (C=O) groups excluding carboxylic acids is 2. The van der Waals surface area contributed by atoms with Crippen molar-refractivity contribution in [3.63, 3.8) is 0 Å².